The molecule has 0 radical (unpaired) electrons. The van der Waals surface area contributed by atoms with E-state index in [-0.39, 0.29) is 5.69 Å². The maximum atomic E-state index is 12.5. The summed E-state index contributed by atoms with van der Waals surface area (Å²) in [6.45, 7) is 0. The zero-order chi connectivity index (χ0) is 24.6. The quantitative estimate of drug-likeness (QED) is 0.416. The average Bonchev–Trinajstić information content (AvgIpc) is 3.66. The van der Waals surface area contributed by atoms with Crippen LogP contribution in [0.2, 0.25) is 0 Å². The summed E-state index contributed by atoms with van der Waals surface area (Å²) < 4.78 is 7.42. The Balaban J connectivity index is 1.48. The molecule has 4 heterocycles. The van der Waals surface area contributed by atoms with Gasteiger partial charge >= 0.3 is 5.69 Å². The molecule has 0 amide bonds. The first-order chi connectivity index (χ1) is 17.5. The molecule has 9 nitrogen and oxygen atoms in total. The van der Waals surface area contributed by atoms with Crippen LogP contribution in [0.4, 0.5) is 0 Å². The molecular weight excluding hydrogens is 452 g/mol. The maximum absolute atomic E-state index is 12.5. The van der Waals surface area contributed by atoms with E-state index in [0.717, 1.165) is 61.4 Å². The van der Waals surface area contributed by atoms with Gasteiger partial charge in [-0.3, -0.25) is 13.7 Å². The summed E-state index contributed by atoms with van der Waals surface area (Å²) in [4.78, 5) is 29.4. The van der Waals surface area contributed by atoms with Crippen LogP contribution in [-0.2, 0) is 21.1 Å². The third-order valence-corrected chi connectivity index (χ3v) is 6.97. The van der Waals surface area contributed by atoms with Crippen LogP contribution in [0.25, 0.3) is 61.4 Å². The molecular formula is C27H22N8O. The number of aryl methyl sites for hydroxylation is 3. The second-order valence-corrected chi connectivity index (χ2v) is 9.07. The van der Waals surface area contributed by atoms with Gasteiger partial charge in [0.05, 0.1) is 52.0 Å². The Labute approximate surface area is 204 Å². The topological polar surface area (TPSA) is 91.2 Å². The Hall–Kier alpha value is -4.92. The van der Waals surface area contributed by atoms with E-state index >= 15 is 0 Å². The lowest BCUT2D eigenvalue weighted by Gasteiger charge is -2.11. The summed E-state index contributed by atoms with van der Waals surface area (Å²) in [5.74, 6) is 0.784. The van der Waals surface area contributed by atoms with Crippen LogP contribution in [0.15, 0.2) is 78.2 Å². The molecule has 0 aliphatic rings. The number of nitrogens with one attached hydrogen (secondary N) is 1. The van der Waals surface area contributed by atoms with Crippen LogP contribution in [0.3, 0.4) is 0 Å². The molecule has 0 saturated heterocycles. The van der Waals surface area contributed by atoms with Crippen LogP contribution in [0, 0.1) is 0 Å². The van der Waals surface area contributed by atoms with E-state index < -0.39 is 0 Å². The smallest absolute Gasteiger partial charge is 0.328 e. The monoisotopic (exact) mass is 474 g/mol. The number of aromatic nitrogens is 8. The average molecular weight is 475 g/mol. The fourth-order valence-corrected chi connectivity index (χ4v) is 5.02. The zero-order valence-corrected chi connectivity index (χ0v) is 20.0. The van der Waals surface area contributed by atoms with Crippen molar-refractivity contribution in [3.8, 4) is 28.3 Å². The number of rotatable bonds is 3. The lowest BCUT2D eigenvalue weighted by molar-refractivity contribution is 0.795. The number of hydrogen-bond donors (Lipinski definition) is 1. The van der Waals surface area contributed by atoms with Crippen molar-refractivity contribution in [2.45, 2.75) is 0 Å². The van der Waals surface area contributed by atoms with Gasteiger partial charge in [0.2, 0.25) is 0 Å². The van der Waals surface area contributed by atoms with E-state index in [1.54, 1.807) is 35.9 Å². The summed E-state index contributed by atoms with van der Waals surface area (Å²) in [6.07, 6.45) is 5.30. The molecule has 0 saturated carbocycles. The normalized spacial score (nSPS) is 11.9. The standard InChI is InChI=1S/C27H22N8O/c1-32-15-28-13-25(32)26-31-21-11-17(16-4-7-19-20(10-16)30-14-29-19)5-8-22(21)35(26)18-6-9-23-24(12-18)34(3)27(36)33(23)2/h4-15H,1-3H3,(H,29,30). The van der Waals surface area contributed by atoms with Crippen LogP contribution < -0.4 is 5.69 Å². The Morgan fingerprint density at radius 1 is 0.806 bits per heavy atom. The first-order valence-corrected chi connectivity index (χ1v) is 11.6. The highest BCUT2D eigenvalue weighted by atomic mass is 16.1. The first kappa shape index (κ1) is 20.5. The van der Waals surface area contributed by atoms with Gasteiger partial charge in [0.15, 0.2) is 5.82 Å². The zero-order valence-electron chi connectivity index (χ0n) is 20.0. The molecule has 4 aromatic heterocycles. The lowest BCUT2D eigenvalue weighted by Crippen LogP contribution is -2.19. The van der Waals surface area contributed by atoms with Crippen molar-refractivity contribution in [2.75, 3.05) is 0 Å². The van der Waals surface area contributed by atoms with Gasteiger partial charge in [-0.15, -0.1) is 0 Å². The third-order valence-electron chi connectivity index (χ3n) is 6.97. The Morgan fingerprint density at radius 2 is 1.58 bits per heavy atom. The molecule has 0 bridgehead atoms. The molecule has 3 aromatic carbocycles. The number of aromatic amines is 1. The molecule has 0 unspecified atom stereocenters. The van der Waals surface area contributed by atoms with Crippen molar-refractivity contribution < 1.29 is 0 Å². The van der Waals surface area contributed by atoms with Crippen LogP contribution in [0.1, 0.15) is 0 Å². The van der Waals surface area contributed by atoms with Crippen LogP contribution in [0.5, 0.6) is 0 Å². The number of imidazole rings is 4. The van der Waals surface area contributed by atoms with Crippen molar-refractivity contribution in [2.24, 2.45) is 21.1 Å². The fourth-order valence-electron chi connectivity index (χ4n) is 5.02. The summed E-state index contributed by atoms with van der Waals surface area (Å²) in [6, 6.07) is 18.6. The van der Waals surface area contributed by atoms with Gasteiger partial charge in [-0.25, -0.2) is 19.7 Å². The fraction of sp³-hybridized carbons (Fsp3) is 0.111. The first-order valence-electron chi connectivity index (χ1n) is 11.6. The molecule has 0 atom stereocenters. The summed E-state index contributed by atoms with van der Waals surface area (Å²) in [7, 11) is 5.55. The van der Waals surface area contributed by atoms with Gasteiger partial charge in [0, 0.05) is 26.8 Å². The van der Waals surface area contributed by atoms with E-state index in [0.29, 0.717) is 0 Å². The largest absolute Gasteiger partial charge is 0.345 e. The van der Waals surface area contributed by atoms with E-state index in [9.17, 15) is 4.79 Å². The molecule has 7 rings (SSSR count). The minimum atomic E-state index is -0.0524. The predicted octanol–water partition coefficient (Wildman–Crippen LogP) is 4.16. The predicted molar refractivity (Wildman–Crippen MR) is 140 cm³/mol. The molecule has 9 heteroatoms. The van der Waals surface area contributed by atoms with Crippen LogP contribution >= 0.6 is 0 Å². The van der Waals surface area contributed by atoms with Crippen LogP contribution in [-0.4, -0.2) is 38.2 Å². The van der Waals surface area contributed by atoms with Gasteiger partial charge < -0.3 is 9.55 Å². The number of fused-ring (bicyclic) bond motifs is 3. The summed E-state index contributed by atoms with van der Waals surface area (Å²) in [5.41, 5.74) is 9.45. The molecule has 0 aliphatic carbocycles. The number of hydrogen-bond acceptors (Lipinski definition) is 4. The van der Waals surface area contributed by atoms with Gasteiger partial charge in [-0.05, 0) is 53.6 Å². The van der Waals surface area contributed by atoms with Crippen molar-refractivity contribution in [1.29, 1.82) is 0 Å². The van der Waals surface area contributed by atoms with E-state index in [4.69, 9.17) is 4.98 Å². The molecule has 0 aliphatic heterocycles. The minimum absolute atomic E-state index is 0.0524. The lowest BCUT2D eigenvalue weighted by atomic mass is 10.0. The number of H-pyrrole nitrogens is 1. The molecule has 0 spiro atoms. The van der Waals surface area contributed by atoms with E-state index in [2.05, 4.69) is 49.9 Å². The summed E-state index contributed by atoms with van der Waals surface area (Å²) in [5, 5.41) is 0. The minimum Gasteiger partial charge on any atom is -0.345 e. The molecule has 1 N–H and O–H groups in total. The highest BCUT2D eigenvalue weighted by molar-refractivity contribution is 5.90. The van der Waals surface area contributed by atoms with E-state index in [1.807, 2.05) is 42.1 Å². The van der Waals surface area contributed by atoms with E-state index in [1.165, 1.54) is 0 Å². The molecule has 7 aromatic rings. The number of benzene rings is 3. The number of nitrogens with zero attached hydrogens (tertiary/aromatic N) is 7. The van der Waals surface area contributed by atoms with Gasteiger partial charge in [-0.1, -0.05) is 12.1 Å². The Kier molecular flexibility index (Phi) is 4.14. The SMILES string of the molecule is Cn1cncc1-c1nc2cc(-c3ccc4nc[nH]c4c3)ccc2n1-c1ccc2c(c1)n(C)c(=O)n2C. The van der Waals surface area contributed by atoms with Crippen molar-refractivity contribution in [3.63, 3.8) is 0 Å². The van der Waals surface area contributed by atoms with Gasteiger partial charge in [0.25, 0.3) is 0 Å². The molecule has 176 valence electrons. The second kappa shape index (κ2) is 7.29. The highest BCUT2D eigenvalue weighted by Crippen LogP contribution is 2.32. The molecule has 0 fully saturated rings. The van der Waals surface area contributed by atoms with Crippen molar-refractivity contribution in [1.82, 2.24) is 38.2 Å². The van der Waals surface area contributed by atoms with Crippen molar-refractivity contribution >= 4 is 33.1 Å². The van der Waals surface area contributed by atoms with Crippen molar-refractivity contribution in [3.05, 3.63) is 83.9 Å². The Morgan fingerprint density at radius 3 is 2.42 bits per heavy atom. The van der Waals surface area contributed by atoms with Gasteiger partial charge in [0.1, 0.15) is 5.69 Å². The second-order valence-electron chi connectivity index (χ2n) is 9.07. The molecule has 36 heavy (non-hydrogen) atoms. The van der Waals surface area contributed by atoms with Gasteiger partial charge in [-0.2, -0.15) is 0 Å². The summed E-state index contributed by atoms with van der Waals surface area (Å²) >= 11 is 0. The maximum Gasteiger partial charge on any atom is 0.328 e. The third kappa shape index (κ3) is 2.83. The Bertz CT molecular complexity index is 2010. The highest BCUT2D eigenvalue weighted by Gasteiger charge is 2.19.